The molecular formula is C17H25OS+. The number of unbranched alkanes of at least 4 members (excludes halogenated alkanes) is 1. The molecule has 0 bridgehead atoms. The summed E-state index contributed by atoms with van der Waals surface area (Å²) >= 11 is 0. The maximum absolute atomic E-state index is 12.2. The summed E-state index contributed by atoms with van der Waals surface area (Å²) in [5, 5.41) is 0. The summed E-state index contributed by atoms with van der Waals surface area (Å²) in [7, 11) is 0.365. The molecular weight excluding hydrogens is 252 g/mol. The molecule has 0 saturated carbocycles. The molecule has 1 aromatic carbocycles. The van der Waals surface area contributed by atoms with E-state index >= 15 is 0 Å². The van der Waals surface area contributed by atoms with Gasteiger partial charge >= 0.3 is 0 Å². The highest BCUT2D eigenvalue weighted by Crippen LogP contribution is 2.16. The van der Waals surface area contributed by atoms with E-state index in [9.17, 15) is 4.79 Å². The number of hydrogen-bond donors (Lipinski definition) is 0. The second kappa shape index (κ2) is 7.74. The van der Waals surface area contributed by atoms with E-state index in [1.807, 2.05) is 12.1 Å². The number of carbonyl (C=O) groups is 1. The summed E-state index contributed by atoms with van der Waals surface area (Å²) in [5.41, 5.74) is 2.27. The molecule has 1 saturated heterocycles. The predicted octanol–water partition coefficient (Wildman–Crippen LogP) is 4.01. The number of benzene rings is 1. The Kier molecular flexibility index (Phi) is 5.96. The van der Waals surface area contributed by atoms with Gasteiger partial charge in [0.05, 0.1) is 0 Å². The molecule has 0 aliphatic carbocycles. The minimum atomic E-state index is 0.354. The molecule has 0 spiro atoms. The molecule has 2 heteroatoms. The fourth-order valence-corrected chi connectivity index (χ4v) is 4.80. The van der Waals surface area contributed by atoms with Crippen molar-refractivity contribution in [3.8, 4) is 0 Å². The molecule has 2 rings (SSSR count). The number of aryl methyl sites for hydroxylation is 1. The Morgan fingerprint density at radius 2 is 1.79 bits per heavy atom. The van der Waals surface area contributed by atoms with Gasteiger partial charge in [-0.25, -0.2) is 0 Å². The van der Waals surface area contributed by atoms with Crippen LogP contribution in [0.15, 0.2) is 24.3 Å². The summed E-state index contributed by atoms with van der Waals surface area (Å²) in [6, 6.07) is 8.32. The Labute approximate surface area is 120 Å². The summed E-state index contributed by atoms with van der Waals surface area (Å²) in [4.78, 5) is 12.2. The van der Waals surface area contributed by atoms with Gasteiger partial charge in [0.25, 0.3) is 0 Å². The number of carbonyl (C=O) groups excluding carboxylic acids is 1. The molecule has 0 unspecified atom stereocenters. The van der Waals surface area contributed by atoms with E-state index in [-0.39, 0.29) is 0 Å². The van der Waals surface area contributed by atoms with E-state index in [1.165, 1.54) is 49.2 Å². The van der Waals surface area contributed by atoms with Gasteiger partial charge in [-0.1, -0.05) is 37.6 Å². The first kappa shape index (κ1) is 14.6. The van der Waals surface area contributed by atoms with Gasteiger partial charge in [-0.05, 0) is 48.6 Å². The zero-order valence-electron chi connectivity index (χ0n) is 12.0. The lowest BCUT2D eigenvalue weighted by Gasteiger charge is -2.13. The SMILES string of the molecule is CCCCc1ccc(C(=O)C[S+]2CCCCC2)cc1. The van der Waals surface area contributed by atoms with Crippen LogP contribution in [0.25, 0.3) is 0 Å². The molecule has 1 aliphatic rings. The van der Waals surface area contributed by atoms with Crippen LogP contribution in [0, 0.1) is 0 Å². The first-order valence-electron chi connectivity index (χ1n) is 7.56. The average molecular weight is 277 g/mol. The second-order valence-electron chi connectivity index (χ2n) is 5.45. The lowest BCUT2D eigenvalue weighted by Crippen LogP contribution is -2.25. The molecule has 1 aromatic rings. The molecule has 0 amide bonds. The summed E-state index contributed by atoms with van der Waals surface area (Å²) in [6.07, 6.45) is 7.61. The Morgan fingerprint density at radius 3 is 2.42 bits per heavy atom. The van der Waals surface area contributed by atoms with Crippen molar-refractivity contribution >= 4 is 16.7 Å². The van der Waals surface area contributed by atoms with Crippen LogP contribution in [0.4, 0.5) is 0 Å². The smallest absolute Gasteiger partial charge is 0.211 e. The van der Waals surface area contributed by atoms with Crippen molar-refractivity contribution in [2.45, 2.75) is 45.4 Å². The van der Waals surface area contributed by atoms with Crippen molar-refractivity contribution in [2.75, 3.05) is 17.3 Å². The van der Waals surface area contributed by atoms with Gasteiger partial charge in [0.15, 0.2) is 5.75 Å². The third-order valence-electron chi connectivity index (χ3n) is 3.80. The Balaban J connectivity index is 1.87. The number of ketones is 1. The molecule has 104 valence electrons. The van der Waals surface area contributed by atoms with Gasteiger partial charge in [-0.15, -0.1) is 0 Å². The van der Waals surface area contributed by atoms with Crippen LogP contribution in [-0.4, -0.2) is 23.0 Å². The molecule has 19 heavy (non-hydrogen) atoms. The molecule has 1 nitrogen and oxygen atoms in total. The van der Waals surface area contributed by atoms with Crippen molar-refractivity contribution in [3.05, 3.63) is 35.4 Å². The molecule has 0 radical (unpaired) electrons. The first-order valence-corrected chi connectivity index (χ1v) is 9.29. The third kappa shape index (κ3) is 4.68. The maximum atomic E-state index is 12.2. The van der Waals surface area contributed by atoms with Gasteiger partial charge in [0.2, 0.25) is 5.78 Å². The summed E-state index contributed by atoms with van der Waals surface area (Å²) in [5.74, 6) is 3.70. The van der Waals surface area contributed by atoms with Crippen LogP contribution in [0.2, 0.25) is 0 Å². The Bertz CT molecular complexity index is 390. The minimum Gasteiger partial charge on any atom is -0.289 e. The number of Topliss-reactive ketones (excluding diaryl/α,β-unsaturated/α-hetero) is 1. The zero-order valence-corrected chi connectivity index (χ0v) is 12.8. The first-order chi connectivity index (χ1) is 9.29. The van der Waals surface area contributed by atoms with Crippen LogP contribution in [0.3, 0.4) is 0 Å². The van der Waals surface area contributed by atoms with Gasteiger partial charge in [0.1, 0.15) is 11.5 Å². The standard InChI is InChI=1S/C17H25OS/c1-2-3-7-15-8-10-16(11-9-15)17(18)14-19-12-5-4-6-13-19/h8-11H,2-7,12-14H2,1H3/q+1. The average Bonchev–Trinajstić information content (AvgIpc) is 2.46. The normalized spacial score (nSPS) is 16.5. The highest BCUT2D eigenvalue weighted by Gasteiger charge is 2.25. The van der Waals surface area contributed by atoms with E-state index in [0.29, 0.717) is 16.7 Å². The lowest BCUT2D eigenvalue weighted by molar-refractivity contribution is 0.102. The molecule has 0 aromatic heterocycles. The minimum absolute atomic E-state index is 0.354. The van der Waals surface area contributed by atoms with Crippen LogP contribution in [0.5, 0.6) is 0 Å². The zero-order chi connectivity index (χ0) is 13.5. The quantitative estimate of drug-likeness (QED) is 0.567. The van der Waals surface area contributed by atoms with Gasteiger partial charge in [-0.3, -0.25) is 4.79 Å². The van der Waals surface area contributed by atoms with E-state index in [0.717, 1.165) is 17.7 Å². The highest BCUT2D eigenvalue weighted by molar-refractivity contribution is 7.97. The van der Waals surface area contributed by atoms with Gasteiger partial charge < -0.3 is 0 Å². The van der Waals surface area contributed by atoms with E-state index in [1.54, 1.807) is 0 Å². The van der Waals surface area contributed by atoms with Crippen molar-refractivity contribution in [1.29, 1.82) is 0 Å². The molecule has 1 aliphatic heterocycles. The Hall–Kier alpha value is -0.760. The van der Waals surface area contributed by atoms with E-state index < -0.39 is 0 Å². The maximum Gasteiger partial charge on any atom is 0.211 e. The fourth-order valence-electron chi connectivity index (χ4n) is 2.54. The van der Waals surface area contributed by atoms with E-state index in [4.69, 9.17) is 0 Å². The predicted molar refractivity (Wildman–Crippen MR) is 85.2 cm³/mol. The summed E-state index contributed by atoms with van der Waals surface area (Å²) in [6.45, 7) is 2.21. The molecule has 0 N–H and O–H groups in total. The van der Waals surface area contributed by atoms with Gasteiger partial charge in [-0.2, -0.15) is 0 Å². The molecule has 1 fully saturated rings. The second-order valence-corrected chi connectivity index (χ2v) is 7.78. The van der Waals surface area contributed by atoms with Crippen molar-refractivity contribution in [2.24, 2.45) is 0 Å². The van der Waals surface area contributed by atoms with Gasteiger partial charge in [0, 0.05) is 5.56 Å². The molecule has 0 atom stereocenters. The third-order valence-corrected chi connectivity index (χ3v) is 6.20. The fraction of sp³-hybridized carbons (Fsp3) is 0.588. The molecule has 1 heterocycles. The lowest BCUT2D eigenvalue weighted by atomic mass is 10.1. The van der Waals surface area contributed by atoms with Crippen LogP contribution in [-0.2, 0) is 17.3 Å². The topological polar surface area (TPSA) is 17.1 Å². The van der Waals surface area contributed by atoms with Crippen LogP contribution < -0.4 is 0 Å². The van der Waals surface area contributed by atoms with E-state index in [2.05, 4.69) is 19.1 Å². The highest BCUT2D eigenvalue weighted by atomic mass is 32.2. The number of rotatable bonds is 6. The van der Waals surface area contributed by atoms with Crippen molar-refractivity contribution in [3.63, 3.8) is 0 Å². The van der Waals surface area contributed by atoms with Crippen molar-refractivity contribution < 1.29 is 4.79 Å². The van der Waals surface area contributed by atoms with Crippen LogP contribution in [0.1, 0.15) is 54.9 Å². The monoisotopic (exact) mass is 277 g/mol. The Morgan fingerprint density at radius 1 is 1.11 bits per heavy atom. The summed E-state index contributed by atoms with van der Waals surface area (Å²) < 4.78 is 0. The van der Waals surface area contributed by atoms with Crippen LogP contribution >= 0.6 is 0 Å². The van der Waals surface area contributed by atoms with Crippen molar-refractivity contribution in [1.82, 2.24) is 0 Å². The number of hydrogen-bond acceptors (Lipinski definition) is 1. The largest absolute Gasteiger partial charge is 0.289 e.